The van der Waals surface area contributed by atoms with Crippen LogP contribution >= 0.6 is 0 Å². The molecule has 2 aromatic rings. The van der Waals surface area contributed by atoms with Crippen molar-refractivity contribution in [2.45, 2.75) is 51.7 Å². The van der Waals surface area contributed by atoms with Gasteiger partial charge in [-0.05, 0) is 44.7 Å². The minimum atomic E-state index is -0.469. The molecule has 2 heterocycles. The van der Waals surface area contributed by atoms with Gasteiger partial charge in [-0.3, -0.25) is 23.5 Å². The number of hydrogen-bond acceptors (Lipinski definition) is 4. The van der Waals surface area contributed by atoms with Gasteiger partial charge in [-0.25, -0.2) is 4.79 Å². The van der Waals surface area contributed by atoms with E-state index >= 15 is 0 Å². The fourth-order valence-electron chi connectivity index (χ4n) is 3.98. The maximum absolute atomic E-state index is 12.9. The fourth-order valence-corrected chi connectivity index (χ4v) is 3.98. The van der Waals surface area contributed by atoms with Gasteiger partial charge < -0.3 is 10.2 Å². The molecule has 0 bridgehead atoms. The van der Waals surface area contributed by atoms with Gasteiger partial charge in [0.15, 0.2) is 0 Å². The first-order chi connectivity index (χ1) is 14.0. The van der Waals surface area contributed by atoms with Crippen molar-refractivity contribution < 1.29 is 9.59 Å². The topological polar surface area (TPSA) is 93.4 Å². The number of rotatable bonds is 5. The van der Waals surface area contributed by atoms with Crippen molar-refractivity contribution in [3.05, 3.63) is 45.1 Å². The molecule has 0 radical (unpaired) electrons. The maximum atomic E-state index is 12.9. The lowest BCUT2D eigenvalue weighted by Gasteiger charge is -2.31. The van der Waals surface area contributed by atoms with Crippen LogP contribution in [0.5, 0.6) is 0 Å². The number of fused-ring (bicyclic) bond motifs is 1. The van der Waals surface area contributed by atoms with E-state index in [-0.39, 0.29) is 36.4 Å². The third kappa shape index (κ3) is 3.83. The van der Waals surface area contributed by atoms with Gasteiger partial charge in [0.2, 0.25) is 11.8 Å². The molecule has 1 aliphatic carbocycles. The van der Waals surface area contributed by atoms with Crippen molar-refractivity contribution in [2.75, 3.05) is 13.1 Å². The first kappa shape index (κ1) is 19.4. The molecule has 1 saturated heterocycles. The molecule has 1 aromatic carbocycles. The molecule has 2 aliphatic rings. The number of nitrogens with zero attached hydrogens (tertiary/aromatic N) is 3. The summed E-state index contributed by atoms with van der Waals surface area (Å²) in [5.74, 6) is -0.123. The van der Waals surface area contributed by atoms with Gasteiger partial charge >= 0.3 is 5.69 Å². The van der Waals surface area contributed by atoms with Crippen LogP contribution in [0.3, 0.4) is 0 Å². The van der Waals surface area contributed by atoms with Crippen molar-refractivity contribution in [2.24, 2.45) is 5.92 Å². The lowest BCUT2D eigenvalue weighted by molar-refractivity contribution is -0.136. The molecule has 0 atom stereocenters. The predicted molar refractivity (Wildman–Crippen MR) is 109 cm³/mol. The molecule has 8 heteroatoms. The highest BCUT2D eigenvalue weighted by molar-refractivity contribution is 5.82. The van der Waals surface area contributed by atoms with Crippen molar-refractivity contribution in [1.82, 2.24) is 19.4 Å². The highest BCUT2D eigenvalue weighted by Gasteiger charge is 2.31. The second kappa shape index (κ2) is 7.85. The Bertz CT molecular complexity index is 1060. The standard InChI is InChI=1S/C21H26N4O4/c1-2-24-20(28)16-5-3-4-6-17(16)25(21(24)29)13-18(26)23-11-9-14(10-12-23)19(27)22-15-7-8-15/h3-6,14-15H,2,7-13H2,1H3,(H,22,27). The first-order valence-electron chi connectivity index (χ1n) is 10.3. The van der Waals surface area contributed by atoms with E-state index in [1.807, 2.05) is 0 Å². The van der Waals surface area contributed by atoms with E-state index in [1.165, 1.54) is 4.57 Å². The number of aromatic nitrogens is 2. The monoisotopic (exact) mass is 398 g/mol. The molecule has 4 rings (SSSR count). The molecule has 29 heavy (non-hydrogen) atoms. The van der Waals surface area contributed by atoms with Gasteiger partial charge in [0, 0.05) is 31.6 Å². The Labute approximate surface area is 168 Å². The molecule has 1 saturated carbocycles. The van der Waals surface area contributed by atoms with Crippen LogP contribution in [0.25, 0.3) is 10.9 Å². The Balaban J connectivity index is 1.50. The predicted octanol–water partition coefficient (Wildman–Crippen LogP) is 0.700. The molecule has 1 aromatic heterocycles. The molecule has 1 aliphatic heterocycles. The van der Waals surface area contributed by atoms with Crippen molar-refractivity contribution >= 4 is 22.7 Å². The number of benzene rings is 1. The molecule has 0 unspecified atom stereocenters. The zero-order valence-corrected chi connectivity index (χ0v) is 16.6. The van der Waals surface area contributed by atoms with Gasteiger partial charge in [-0.1, -0.05) is 12.1 Å². The van der Waals surface area contributed by atoms with Crippen molar-refractivity contribution in [1.29, 1.82) is 0 Å². The van der Waals surface area contributed by atoms with Gasteiger partial charge in [-0.15, -0.1) is 0 Å². The lowest BCUT2D eigenvalue weighted by atomic mass is 9.96. The quantitative estimate of drug-likeness (QED) is 0.802. The molecule has 2 amide bonds. The van der Waals surface area contributed by atoms with Crippen LogP contribution in [0.4, 0.5) is 0 Å². The number of piperidine rings is 1. The van der Waals surface area contributed by atoms with E-state index in [0.717, 1.165) is 17.4 Å². The summed E-state index contributed by atoms with van der Waals surface area (Å²) in [4.78, 5) is 52.1. The van der Waals surface area contributed by atoms with E-state index in [2.05, 4.69) is 5.32 Å². The summed E-state index contributed by atoms with van der Waals surface area (Å²) in [5.41, 5.74) is -0.332. The molecule has 154 valence electrons. The summed E-state index contributed by atoms with van der Waals surface area (Å²) in [5, 5.41) is 3.46. The molecule has 1 N–H and O–H groups in total. The van der Waals surface area contributed by atoms with Crippen LogP contribution in [-0.2, 0) is 22.7 Å². The van der Waals surface area contributed by atoms with Gasteiger partial charge in [0.25, 0.3) is 5.56 Å². The number of likely N-dealkylation sites (tertiary alicyclic amines) is 1. The highest BCUT2D eigenvalue weighted by atomic mass is 16.2. The third-order valence-electron chi connectivity index (χ3n) is 5.88. The second-order valence-corrected chi connectivity index (χ2v) is 7.87. The normalized spacial score (nSPS) is 17.5. The van der Waals surface area contributed by atoms with E-state index < -0.39 is 5.69 Å². The summed E-state index contributed by atoms with van der Waals surface area (Å²) in [7, 11) is 0. The third-order valence-corrected chi connectivity index (χ3v) is 5.88. The molecule has 0 spiro atoms. The average Bonchev–Trinajstić information content (AvgIpc) is 3.55. The smallest absolute Gasteiger partial charge is 0.331 e. The SMILES string of the molecule is CCn1c(=O)c2ccccc2n(CC(=O)N2CCC(C(=O)NC3CC3)CC2)c1=O. The molecule has 2 fully saturated rings. The minimum absolute atomic E-state index is 0.0507. The Morgan fingerprint density at radius 2 is 1.72 bits per heavy atom. The Morgan fingerprint density at radius 1 is 1.03 bits per heavy atom. The van der Waals surface area contributed by atoms with Gasteiger partial charge in [-0.2, -0.15) is 0 Å². The summed E-state index contributed by atoms with van der Waals surface area (Å²) in [6.45, 7) is 2.88. The average molecular weight is 398 g/mol. The number of nitrogens with one attached hydrogen (secondary N) is 1. The second-order valence-electron chi connectivity index (χ2n) is 7.87. The first-order valence-corrected chi connectivity index (χ1v) is 10.3. The van der Waals surface area contributed by atoms with E-state index in [9.17, 15) is 19.2 Å². The minimum Gasteiger partial charge on any atom is -0.353 e. The summed E-state index contributed by atoms with van der Waals surface area (Å²) in [6.07, 6.45) is 3.39. The number of carbonyl (C=O) groups is 2. The van der Waals surface area contributed by atoms with Crippen LogP contribution in [0.1, 0.15) is 32.6 Å². The van der Waals surface area contributed by atoms with Gasteiger partial charge in [0.05, 0.1) is 10.9 Å². The Hall–Kier alpha value is -2.90. The van der Waals surface area contributed by atoms with Crippen LogP contribution in [-0.4, -0.2) is 45.0 Å². The molecular formula is C21H26N4O4. The van der Waals surface area contributed by atoms with Crippen molar-refractivity contribution in [3.63, 3.8) is 0 Å². The summed E-state index contributed by atoms with van der Waals surface area (Å²) < 4.78 is 2.54. The Kier molecular flexibility index (Phi) is 5.25. The lowest BCUT2D eigenvalue weighted by Crippen LogP contribution is -2.46. The maximum Gasteiger partial charge on any atom is 0.331 e. The molecule has 8 nitrogen and oxygen atoms in total. The van der Waals surface area contributed by atoms with E-state index in [4.69, 9.17) is 0 Å². The van der Waals surface area contributed by atoms with Gasteiger partial charge in [0.1, 0.15) is 6.54 Å². The van der Waals surface area contributed by atoms with E-state index in [0.29, 0.717) is 42.9 Å². The van der Waals surface area contributed by atoms with Crippen LogP contribution in [0.2, 0.25) is 0 Å². The summed E-state index contributed by atoms with van der Waals surface area (Å²) in [6, 6.07) is 7.21. The zero-order chi connectivity index (χ0) is 20.5. The number of carbonyl (C=O) groups excluding carboxylic acids is 2. The fraction of sp³-hybridized carbons (Fsp3) is 0.524. The number of para-hydroxylation sites is 1. The van der Waals surface area contributed by atoms with Crippen LogP contribution < -0.4 is 16.6 Å². The van der Waals surface area contributed by atoms with E-state index in [1.54, 1.807) is 36.1 Å². The number of amides is 2. The zero-order valence-electron chi connectivity index (χ0n) is 16.6. The number of hydrogen-bond donors (Lipinski definition) is 1. The van der Waals surface area contributed by atoms with Crippen LogP contribution in [0.15, 0.2) is 33.9 Å². The Morgan fingerprint density at radius 3 is 2.38 bits per heavy atom. The highest BCUT2D eigenvalue weighted by Crippen LogP contribution is 2.23. The van der Waals surface area contributed by atoms with Crippen molar-refractivity contribution in [3.8, 4) is 0 Å². The largest absolute Gasteiger partial charge is 0.353 e. The summed E-state index contributed by atoms with van der Waals surface area (Å²) >= 11 is 0. The molecular weight excluding hydrogens is 372 g/mol. The van der Waals surface area contributed by atoms with Crippen LogP contribution in [0, 0.1) is 5.92 Å².